The van der Waals surface area contributed by atoms with Gasteiger partial charge in [0.05, 0.1) is 11.9 Å². The molecule has 1 unspecified atom stereocenters. The van der Waals surface area contributed by atoms with Gasteiger partial charge in [0.2, 0.25) is 0 Å². The first kappa shape index (κ1) is 16.2. The van der Waals surface area contributed by atoms with Crippen molar-refractivity contribution in [3.05, 3.63) is 23.0 Å². The maximum atomic E-state index is 12.2. The zero-order chi connectivity index (χ0) is 16.3. The number of carbonyl (C=O) groups is 2. The SMILES string of the molecule is Cc1nc(-c2cnn(C)c2)sc1C(=O)NCC(C)CC(=O)O. The molecule has 22 heavy (non-hydrogen) atoms. The standard InChI is InChI=1S/C14H18N4O3S/c1-8(4-11(19)20)5-15-13(21)12-9(2)17-14(22-12)10-6-16-18(3)7-10/h6-8H,4-5H2,1-3H3,(H,15,21)(H,19,20). The Kier molecular flexibility index (Phi) is 4.92. The van der Waals surface area contributed by atoms with Gasteiger partial charge in [-0.05, 0) is 12.8 Å². The molecule has 0 saturated heterocycles. The quantitative estimate of drug-likeness (QED) is 0.843. The van der Waals surface area contributed by atoms with Crippen LogP contribution in [0.1, 0.15) is 28.7 Å². The molecular weight excluding hydrogens is 304 g/mol. The van der Waals surface area contributed by atoms with Crippen molar-refractivity contribution >= 4 is 23.2 Å². The van der Waals surface area contributed by atoms with E-state index in [1.165, 1.54) is 11.3 Å². The number of aliphatic carboxylic acids is 1. The number of aryl methyl sites for hydroxylation is 2. The van der Waals surface area contributed by atoms with E-state index in [0.717, 1.165) is 10.6 Å². The molecule has 2 heterocycles. The molecule has 8 heteroatoms. The Morgan fingerprint density at radius 3 is 2.82 bits per heavy atom. The van der Waals surface area contributed by atoms with Crippen LogP contribution in [0.3, 0.4) is 0 Å². The Balaban J connectivity index is 2.04. The highest BCUT2D eigenvalue weighted by Gasteiger charge is 2.18. The molecule has 7 nitrogen and oxygen atoms in total. The molecule has 2 aromatic heterocycles. The van der Waals surface area contributed by atoms with E-state index in [1.807, 2.05) is 13.2 Å². The highest BCUT2D eigenvalue weighted by molar-refractivity contribution is 7.17. The van der Waals surface area contributed by atoms with E-state index in [4.69, 9.17) is 5.11 Å². The molecule has 1 amide bonds. The minimum atomic E-state index is -0.866. The van der Waals surface area contributed by atoms with Crippen molar-refractivity contribution in [1.82, 2.24) is 20.1 Å². The van der Waals surface area contributed by atoms with Gasteiger partial charge < -0.3 is 10.4 Å². The van der Waals surface area contributed by atoms with E-state index in [-0.39, 0.29) is 18.2 Å². The fourth-order valence-electron chi connectivity index (χ4n) is 1.98. The van der Waals surface area contributed by atoms with E-state index >= 15 is 0 Å². The molecule has 2 rings (SSSR count). The number of nitrogens with zero attached hydrogens (tertiary/aromatic N) is 3. The summed E-state index contributed by atoms with van der Waals surface area (Å²) in [5.74, 6) is -1.20. The van der Waals surface area contributed by atoms with Crippen molar-refractivity contribution in [3.63, 3.8) is 0 Å². The average Bonchev–Trinajstić information content (AvgIpc) is 3.01. The first-order valence-corrected chi connectivity index (χ1v) is 7.65. The number of hydrogen-bond donors (Lipinski definition) is 2. The molecule has 1 atom stereocenters. The lowest BCUT2D eigenvalue weighted by atomic mass is 10.1. The van der Waals surface area contributed by atoms with Crippen LogP contribution >= 0.6 is 11.3 Å². The second-order valence-corrected chi connectivity index (χ2v) is 6.25. The second-order valence-electron chi connectivity index (χ2n) is 5.25. The highest BCUT2D eigenvalue weighted by atomic mass is 32.1. The van der Waals surface area contributed by atoms with Gasteiger partial charge in [-0.15, -0.1) is 11.3 Å². The largest absolute Gasteiger partial charge is 0.481 e. The minimum Gasteiger partial charge on any atom is -0.481 e. The predicted molar refractivity (Wildman–Crippen MR) is 82.8 cm³/mol. The summed E-state index contributed by atoms with van der Waals surface area (Å²) in [5.41, 5.74) is 1.53. The van der Waals surface area contributed by atoms with Gasteiger partial charge in [0.15, 0.2) is 0 Å². The maximum Gasteiger partial charge on any atom is 0.303 e. The first-order valence-electron chi connectivity index (χ1n) is 6.83. The molecule has 0 saturated carbocycles. The van der Waals surface area contributed by atoms with Crippen molar-refractivity contribution in [2.45, 2.75) is 20.3 Å². The number of carboxylic acid groups (broad SMARTS) is 1. The predicted octanol–water partition coefficient (Wildman–Crippen LogP) is 1.69. The van der Waals surface area contributed by atoms with Gasteiger partial charge in [0, 0.05) is 31.8 Å². The molecule has 0 aliphatic heterocycles. The summed E-state index contributed by atoms with van der Waals surface area (Å²) in [6.45, 7) is 3.89. The Morgan fingerprint density at radius 1 is 1.50 bits per heavy atom. The van der Waals surface area contributed by atoms with Crippen LogP contribution in [-0.4, -0.2) is 38.3 Å². The summed E-state index contributed by atoms with van der Waals surface area (Å²) in [4.78, 5) is 27.8. The number of thiazole rings is 1. The monoisotopic (exact) mass is 322 g/mol. The van der Waals surface area contributed by atoms with Gasteiger partial charge in [-0.3, -0.25) is 14.3 Å². The third kappa shape index (κ3) is 3.91. The molecule has 2 N–H and O–H groups in total. The number of aromatic nitrogens is 3. The van der Waals surface area contributed by atoms with Crippen LogP contribution in [0.2, 0.25) is 0 Å². The molecule has 0 bridgehead atoms. The average molecular weight is 322 g/mol. The molecule has 2 aromatic rings. The fourth-order valence-corrected chi connectivity index (χ4v) is 2.94. The molecule has 118 valence electrons. The summed E-state index contributed by atoms with van der Waals surface area (Å²) < 4.78 is 1.68. The second kappa shape index (κ2) is 6.69. The van der Waals surface area contributed by atoms with Crippen LogP contribution < -0.4 is 5.32 Å². The highest BCUT2D eigenvalue weighted by Crippen LogP contribution is 2.27. The fraction of sp³-hybridized carbons (Fsp3) is 0.429. The van der Waals surface area contributed by atoms with Gasteiger partial charge >= 0.3 is 5.97 Å². The van der Waals surface area contributed by atoms with Crippen molar-refractivity contribution in [1.29, 1.82) is 0 Å². The Morgan fingerprint density at radius 2 is 2.23 bits per heavy atom. The lowest BCUT2D eigenvalue weighted by Crippen LogP contribution is -2.29. The molecule has 0 spiro atoms. The zero-order valence-electron chi connectivity index (χ0n) is 12.7. The van der Waals surface area contributed by atoms with Crippen LogP contribution in [0.5, 0.6) is 0 Å². The van der Waals surface area contributed by atoms with Gasteiger partial charge in [0.25, 0.3) is 5.91 Å². The molecule has 0 aromatic carbocycles. The van der Waals surface area contributed by atoms with Crippen LogP contribution in [0, 0.1) is 12.8 Å². The summed E-state index contributed by atoms with van der Waals surface area (Å²) in [7, 11) is 1.82. The minimum absolute atomic E-state index is 0.0306. The van der Waals surface area contributed by atoms with E-state index in [9.17, 15) is 9.59 Å². The van der Waals surface area contributed by atoms with E-state index in [2.05, 4.69) is 15.4 Å². The third-order valence-electron chi connectivity index (χ3n) is 3.09. The summed E-state index contributed by atoms with van der Waals surface area (Å²) >= 11 is 1.31. The Hall–Kier alpha value is -2.22. The third-order valence-corrected chi connectivity index (χ3v) is 4.29. The van der Waals surface area contributed by atoms with Crippen molar-refractivity contribution in [3.8, 4) is 10.6 Å². The number of hydrogen-bond acceptors (Lipinski definition) is 5. The van der Waals surface area contributed by atoms with Gasteiger partial charge in [-0.2, -0.15) is 5.10 Å². The molecule has 0 fully saturated rings. The Bertz CT molecular complexity index is 692. The Labute approximate surface area is 132 Å². The number of carbonyl (C=O) groups excluding carboxylic acids is 1. The lowest BCUT2D eigenvalue weighted by molar-refractivity contribution is -0.137. The summed E-state index contributed by atoms with van der Waals surface area (Å²) in [6, 6.07) is 0. The lowest BCUT2D eigenvalue weighted by Gasteiger charge is -2.09. The van der Waals surface area contributed by atoms with Crippen LogP contribution in [0.15, 0.2) is 12.4 Å². The maximum absolute atomic E-state index is 12.2. The number of rotatable bonds is 6. The molecule has 0 radical (unpaired) electrons. The van der Waals surface area contributed by atoms with Crippen molar-refractivity contribution in [2.24, 2.45) is 13.0 Å². The van der Waals surface area contributed by atoms with Gasteiger partial charge in [-0.25, -0.2) is 4.98 Å². The topological polar surface area (TPSA) is 97.1 Å². The zero-order valence-corrected chi connectivity index (χ0v) is 13.5. The number of nitrogens with one attached hydrogen (secondary N) is 1. The molecule has 0 aliphatic carbocycles. The van der Waals surface area contributed by atoms with E-state index in [0.29, 0.717) is 17.1 Å². The van der Waals surface area contributed by atoms with Crippen LogP contribution in [0.25, 0.3) is 10.6 Å². The normalized spacial score (nSPS) is 12.1. The number of carboxylic acids is 1. The van der Waals surface area contributed by atoms with E-state index < -0.39 is 5.97 Å². The number of amides is 1. The van der Waals surface area contributed by atoms with E-state index in [1.54, 1.807) is 24.7 Å². The van der Waals surface area contributed by atoms with Gasteiger partial charge in [0.1, 0.15) is 9.88 Å². The van der Waals surface area contributed by atoms with Crippen molar-refractivity contribution < 1.29 is 14.7 Å². The molecule has 0 aliphatic rings. The van der Waals surface area contributed by atoms with Crippen LogP contribution in [-0.2, 0) is 11.8 Å². The summed E-state index contributed by atoms with van der Waals surface area (Å²) in [5, 5.41) is 16.3. The summed E-state index contributed by atoms with van der Waals surface area (Å²) in [6.07, 6.45) is 3.58. The first-order chi connectivity index (χ1) is 10.4. The smallest absolute Gasteiger partial charge is 0.303 e. The molecular formula is C14H18N4O3S. The van der Waals surface area contributed by atoms with Gasteiger partial charge in [-0.1, -0.05) is 6.92 Å². The van der Waals surface area contributed by atoms with Crippen molar-refractivity contribution in [2.75, 3.05) is 6.54 Å². The van der Waals surface area contributed by atoms with Crippen LogP contribution in [0.4, 0.5) is 0 Å².